The monoisotopic (exact) mass is 461 g/mol. The molecule has 0 spiro atoms. The molecule has 1 aromatic heterocycles. The lowest BCUT2D eigenvalue weighted by atomic mass is 10.3. The molecular formula is C16H24IN5O3. The van der Waals surface area contributed by atoms with Gasteiger partial charge in [-0.3, -0.25) is 4.99 Å². The Bertz CT molecular complexity index is 677. The van der Waals surface area contributed by atoms with Crippen LogP contribution in [0, 0.1) is 6.92 Å². The zero-order valence-electron chi connectivity index (χ0n) is 14.8. The standard InChI is InChI=1S/C16H23N5O3.HI/c1-11(23-14-7-5-6-13(8-14)22-4)9-18-16(17-3)19-10-15-20-12(2)21-24-15;/h5-8,11H,9-10H2,1-4H3,(H2,17,18,19);1H. The average molecular weight is 461 g/mol. The Kier molecular flexibility index (Phi) is 9.03. The van der Waals surface area contributed by atoms with Gasteiger partial charge in [0.25, 0.3) is 0 Å². The predicted octanol–water partition coefficient (Wildman–Crippen LogP) is 2.14. The smallest absolute Gasteiger partial charge is 0.246 e. The van der Waals surface area contributed by atoms with Crippen LogP contribution in [0.2, 0.25) is 0 Å². The molecule has 8 nitrogen and oxygen atoms in total. The summed E-state index contributed by atoms with van der Waals surface area (Å²) in [6.07, 6.45) is -0.0543. The van der Waals surface area contributed by atoms with Gasteiger partial charge in [0.2, 0.25) is 5.89 Å². The number of aryl methyl sites for hydroxylation is 1. The van der Waals surface area contributed by atoms with Crippen molar-refractivity contribution < 1.29 is 14.0 Å². The van der Waals surface area contributed by atoms with Crippen molar-refractivity contribution in [1.82, 2.24) is 20.8 Å². The Morgan fingerprint density at radius 1 is 1.32 bits per heavy atom. The summed E-state index contributed by atoms with van der Waals surface area (Å²) < 4.78 is 16.1. The molecule has 0 aliphatic rings. The fourth-order valence-corrected chi connectivity index (χ4v) is 1.98. The molecular weight excluding hydrogens is 437 g/mol. The van der Waals surface area contributed by atoms with Crippen molar-refractivity contribution in [3.8, 4) is 11.5 Å². The van der Waals surface area contributed by atoms with Gasteiger partial charge in [0, 0.05) is 13.1 Å². The summed E-state index contributed by atoms with van der Waals surface area (Å²) in [7, 11) is 3.33. The first kappa shape index (κ1) is 21.0. The van der Waals surface area contributed by atoms with Gasteiger partial charge >= 0.3 is 0 Å². The number of aromatic nitrogens is 2. The third-order valence-corrected chi connectivity index (χ3v) is 3.14. The largest absolute Gasteiger partial charge is 0.497 e. The Morgan fingerprint density at radius 2 is 2.08 bits per heavy atom. The molecule has 2 N–H and O–H groups in total. The molecule has 25 heavy (non-hydrogen) atoms. The van der Waals surface area contributed by atoms with Gasteiger partial charge in [-0.2, -0.15) is 4.98 Å². The van der Waals surface area contributed by atoms with Crippen LogP contribution >= 0.6 is 24.0 Å². The molecule has 1 atom stereocenters. The lowest BCUT2D eigenvalue weighted by Gasteiger charge is -2.17. The summed E-state index contributed by atoms with van der Waals surface area (Å²) in [5, 5.41) is 10.0. The molecule has 0 radical (unpaired) electrons. The quantitative estimate of drug-likeness (QED) is 0.371. The summed E-state index contributed by atoms with van der Waals surface area (Å²) >= 11 is 0. The number of nitrogens with zero attached hydrogens (tertiary/aromatic N) is 3. The zero-order chi connectivity index (χ0) is 17.4. The molecule has 0 amide bonds. The topological polar surface area (TPSA) is 93.8 Å². The van der Waals surface area contributed by atoms with Gasteiger partial charge in [-0.25, -0.2) is 0 Å². The lowest BCUT2D eigenvalue weighted by Crippen LogP contribution is -2.41. The van der Waals surface area contributed by atoms with Crippen molar-refractivity contribution in [1.29, 1.82) is 0 Å². The maximum atomic E-state index is 5.85. The fourth-order valence-electron chi connectivity index (χ4n) is 1.98. The minimum absolute atomic E-state index is 0. The van der Waals surface area contributed by atoms with E-state index in [-0.39, 0.29) is 30.1 Å². The fraction of sp³-hybridized carbons (Fsp3) is 0.438. The normalized spacial score (nSPS) is 12.1. The number of ether oxygens (including phenoxy) is 2. The van der Waals surface area contributed by atoms with E-state index >= 15 is 0 Å². The Labute approximate surface area is 164 Å². The first-order chi connectivity index (χ1) is 11.6. The Balaban J connectivity index is 0.00000312. The average Bonchev–Trinajstić information content (AvgIpc) is 3.00. The molecule has 9 heteroatoms. The van der Waals surface area contributed by atoms with Crippen molar-refractivity contribution in [2.24, 2.45) is 4.99 Å². The van der Waals surface area contributed by atoms with Crippen LogP contribution in [-0.4, -0.2) is 42.9 Å². The summed E-state index contributed by atoms with van der Waals surface area (Å²) in [5.74, 6) is 3.27. The second-order valence-electron chi connectivity index (χ2n) is 5.15. The molecule has 138 valence electrons. The highest BCUT2D eigenvalue weighted by Gasteiger charge is 2.08. The number of hydrogen-bond donors (Lipinski definition) is 2. The minimum Gasteiger partial charge on any atom is -0.497 e. The molecule has 1 unspecified atom stereocenters. The number of aliphatic imine (C=N–C) groups is 1. The van der Waals surface area contributed by atoms with Crippen molar-refractivity contribution in [3.63, 3.8) is 0 Å². The van der Waals surface area contributed by atoms with E-state index in [0.717, 1.165) is 11.5 Å². The molecule has 0 fully saturated rings. The highest BCUT2D eigenvalue weighted by molar-refractivity contribution is 14.0. The molecule has 0 aliphatic heterocycles. The lowest BCUT2D eigenvalue weighted by molar-refractivity contribution is 0.223. The third-order valence-electron chi connectivity index (χ3n) is 3.14. The molecule has 0 saturated carbocycles. The van der Waals surface area contributed by atoms with Gasteiger partial charge in [-0.05, 0) is 26.0 Å². The van der Waals surface area contributed by atoms with Crippen LogP contribution in [0.1, 0.15) is 18.6 Å². The van der Waals surface area contributed by atoms with E-state index in [4.69, 9.17) is 14.0 Å². The van der Waals surface area contributed by atoms with Crippen molar-refractivity contribution in [3.05, 3.63) is 36.0 Å². The van der Waals surface area contributed by atoms with Crippen LogP contribution in [0.3, 0.4) is 0 Å². The van der Waals surface area contributed by atoms with Crippen LogP contribution in [0.15, 0.2) is 33.8 Å². The van der Waals surface area contributed by atoms with E-state index in [1.165, 1.54) is 0 Å². The molecule has 0 bridgehead atoms. The zero-order valence-corrected chi connectivity index (χ0v) is 17.1. The minimum atomic E-state index is -0.0543. The second kappa shape index (κ2) is 10.7. The highest BCUT2D eigenvalue weighted by atomic mass is 127. The molecule has 0 aliphatic carbocycles. The molecule has 0 saturated heterocycles. The van der Waals surface area contributed by atoms with Gasteiger partial charge in [-0.1, -0.05) is 11.2 Å². The van der Waals surface area contributed by atoms with Crippen molar-refractivity contribution in [2.45, 2.75) is 26.5 Å². The number of methoxy groups -OCH3 is 1. The van der Waals surface area contributed by atoms with Gasteiger partial charge in [0.1, 0.15) is 17.6 Å². The maximum absolute atomic E-state index is 5.85. The SMILES string of the molecule is CN=C(NCc1nc(C)no1)NCC(C)Oc1cccc(OC)c1.I. The van der Waals surface area contributed by atoms with E-state index in [9.17, 15) is 0 Å². The van der Waals surface area contributed by atoms with Crippen LogP contribution < -0.4 is 20.1 Å². The van der Waals surface area contributed by atoms with Gasteiger partial charge < -0.3 is 24.6 Å². The van der Waals surface area contributed by atoms with Crippen molar-refractivity contribution >= 4 is 29.9 Å². The number of hydrogen-bond acceptors (Lipinski definition) is 6. The van der Waals surface area contributed by atoms with Crippen LogP contribution in [0.4, 0.5) is 0 Å². The van der Waals surface area contributed by atoms with E-state index < -0.39 is 0 Å². The van der Waals surface area contributed by atoms with Gasteiger partial charge in [0.05, 0.1) is 20.2 Å². The van der Waals surface area contributed by atoms with Gasteiger partial charge in [0.15, 0.2) is 11.8 Å². The number of benzene rings is 1. The molecule has 1 heterocycles. The van der Waals surface area contributed by atoms with Gasteiger partial charge in [-0.15, -0.1) is 24.0 Å². The molecule has 1 aromatic carbocycles. The molecule has 2 aromatic rings. The predicted molar refractivity (Wildman–Crippen MR) is 106 cm³/mol. The summed E-state index contributed by atoms with van der Waals surface area (Å²) in [4.78, 5) is 8.27. The van der Waals surface area contributed by atoms with Crippen LogP contribution in [0.25, 0.3) is 0 Å². The first-order valence-electron chi connectivity index (χ1n) is 7.65. The van der Waals surface area contributed by atoms with E-state index in [1.54, 1.807) is 21.1 Å². The van der Waals surface area contributed by atoms with E-state index in [1.807, 2.05) is 31.2 Å². The van der Waals surface area contributed by atoms with Crippen molar-refractivity contribution in [2.75, 3.05) is 20.7 Å². The number of nitrogens with one attached hydrogen (secondary N) is 2. The summed E-state index contributed by atoms with van der Waals surface area (Å²) in [6, 6.07) is 7.51. The maximum Gasteiger partial charge on any atom is 0.246 e. The Hall–Kier alpha value is -2.04. The van der Waals surface area contributed by atoms with E-state index in [2.05, 4.69) is 25.8 Å². The van der Waals surface area contributed by atoms with E-state index in [0.29, 0.717) is 30.8 Å². The Morgan fingerprint density at radius 3 is 2.72 bits per heavy atom. The number of rotatable bonds is 7. The summed E-state index contributed by atoms with van der Waals surface area (Å²) in [5.41, 5.74) is 0. The van der Waals surface area contributed by atoms with Crippen LogP contribution in [0.5, 0.6) is 11.5 Å². The van der Waals surface area contributed by atoms with Crippen LogP contribution in [-0.2, 0) is 6.54 Å². The highest BCUT2D eigenvalue weighted by Crippen LogP contribution is 2.19. The number of halogens is 1. The second-order valence-corrected chi connectivity index (χ2v) is 5.15. The first-order valence-corrected chi connectivity index (χ1v) is 7.65. The third kappa shape index (κ3) is 7.16. The molecule has 2 rings (SSSR count). The summed E-state index contributed by atoms with van der Waals surface area (Å²) in [6.45, 7) is 4.74. The number of guanidine groups is 1.